The van der Waals surface area contributed by atoms with E-state index < -0.39 is 21.9 Å². The Bertz CT molecular complexity index is 1130. The molecule has 0 unspecified atom stereocenters. The monoisotopic (exact) mass is 500 g/mol. The Balaban J connectivity index is 0.000000421. The van der Waals surface area contributed by atoms with Crippen molar-refractivity contribution in [3.05, 3.63) is 53.4 Å². The first-order valence-electron chi connectivity index (χ1n) is 12.5. The Labute approximate surface area is 208 Å². The first-order chi connectivity index (χ1) is 16.5. The van der Waals surface area contributed by atoms with Gasteiger partial charge in [0.15, 0.2) is 11.6 Å². The van der Waals surface area contributed by atoms with E-state index in [4.69, 9.17) is 0 Å². The van der Waals surface area contributed by atoms with Crippen LogP contribution in [0.15, 0.2) is 53.4 Å². The van der Waals surface area contributed by atoms with Crippen molar-refractivity contribution in [2.45, 2.75) is 78.2 Å². The molecule has 35 heavy (non-hydrogen) atoms. The number of ketones is 2. The predicted octanol–water partition coefficient (Wildman–Crippen LogP) is 4.71. The van der Waals surface area contributed by atoms with Crippen molar-refractivity contribution in [2.75, 3.05) is 0 Å². The van der Waals surface area contributed by atoms with Gasteiger partial charge in [0, 0.05) is 24.2 Å². The Morgan fingerprint density at radius 2 is 1.80 bits per heavy atom. The fraction of sp³-hybridized carbons (Fsp3) is 0.593. The summed E-state index contributed by atoms with van der Waals surface area (Å²) in [5.74, 6) is 0.716. The van der Waals surface area contributed by atoms with E-state index in [1.807, 2.05) is 31.2 Å². The first kappa shape index (κ1) is 25.9. The maximum atomic E-state index is 13.2. The molecular formula is C27H34NO6S-. The number of pyridine rings is 1. The van der Waals surface area contributed by atoms with E-state index in [2.05, 4.69) is 16.1 Å². The second-order valence-electron chi connectivity index (χ2n) is 10.7. The molecule has 4 aliphatic rings. The van der Waals surface area contributed by atoms with Gasteiger partial charge in [0.1, 0.15) is 6.10 Å². The molecule has 1 aromatic rings. The van der Waals surface area contributed by atoms with E-state index in [0.717, 1.165) is 38.5 Å². The van der Waals surface area contributed by atoms with Crippen LogP contribution in [0.1, 0.15) is 72.1 Å². The Hall–Kier alpha value is -2.16. The highest BCUT2D eigenvalue weighted by Gasteiger charge is 2.62. The Morgan fingerprint density at radius 1 is 1.09 bits per heavy atom. The van der Waals surface area contributed by atoms with Crippen molar-refractivity contribution in [3.8, 4) is 0 Å². The van der Waals surface area contributed by atoms with Gasteiger partial charge in [-0.15, -0.1) is 0 Å². The van der Waals surface area contributed by atoms with Crippen molar-refractivity contribution >= 4 is 22.0 Å². The van der Waals surface area contributed by atoms with Gasteiger partial charge in [-0.2, -0.15) is 0 Å². The average Bonchev–Trinajstić information content (AvgIpc) is 3.10. The van der Waals surface area contributed by atoms with Gasteiger partial charge in [-0.1, -0.05) is 25.5 Å². The minimum absolute atomic E-state index is 0.227. The minimum atomic E-state index is -4.92. The second-order valence-corrected chi connectivity index (χ2v) is 11.7. The number of hydrogen-bond acceptors (Lipinski definition) is 7. The van der Waals surface area contributed by atoms with Gasteiger partial charge in [-0.3, -0.25) is 18.8 Å². The summed E-state index contributed by atoms with van der Waals surface area (Å²) in [6, 6.07) is 5.72. The number of fused-ring (bicyclic) bond motifs is 4. The third-order valence-electron chi connectivity index (χ3n) is 9.08. The zero-order valence-electron chi connectivity index (χ0n) is 20.7. The van der Waals surface area contributed by atoms with Crippen LogP contribution in [0.4, 0.5) is 0 Å². The molecule has 0 aliphatic heterocycles. The number of allylic oxidation sites excluding steroid dienone is 4. The molecular weight excluding hydrogens is 466 g/mol. The standard InChI is InChI=1S/C22H30O6S.C5H5N/c1-13(28-29(25,26)27)20(24)22(3)11-9-19-18-6-4-14-12-15(23)5-7-16(14)17(18)8-10-21(19,22)2;1-2-4-6-5-3-1/h12-13,18-19H,4-11H2,1-3H3,(H,25,26,27);1-5H/p-1/t13-,18+,19-,21-,22+;/m0./s1. The number of Topliss-reactive ketones (excluding diaryl/α,β-unsaturated/α-hetero) is 1. The van der Waals surface area contributed by atoms with Gasteiger partial charge >= 0.3 is 0 Å². The number of carbonyl (C=O) groups excluding carboxylic acids is 2. The Kier molecular flexibility index (Phi) is 7.19. The lowest BCUT2D eigenvalue weighted by molar-refractivity contribution is -0.143. The summed E-state index contributed by atoms with van der Waals surface area (Å²) < 4.78 is 37.5. The number of rotatable bonds is 4. The van der Waals surface area contributed by atoms with Gasteiger partial charge < -0.3 is 4.55 Å². The smallest absolute Gasteiger partial charge is 0.218 e. The average molecular weight is 501 g/mol. The highest BCUT2D eigenvalue weighted by Crippen LogP contribution is 2.67. The molecule has 2 fully saturated rings. The first-order valence-corrected chi connectivity index (χ1v) is 13.8. The molecule has 2 saturated carbocycles. The third kappa shape index (κ3) is 4.93. The molecule has 0 amide bonds. The fourth-order valence-corrected chi connectivity index (χ4v) is 7.63. The van der Waals surface area contributed by atoms with Gasteiger partial charge in [0.05, 0.1) is 0 Å². The molecule has 0 aromatic carbocycles. The molecule has 7 nitrogen and oxygen atoms in total. The van der Waals surface area contributed by atoms with Crippen LogP contribution in [-0.2, 0) is 24.2 Å². The van der Waals surface area contributed by atoms with Crippen molar-refractivity contribution in [2.24, 2.45) is 22.7 Å². The molecule has 0 saturated heterocycles. The van der Waals surface area contributed by atoms with E-state index >= 15 is 0 Å². The summed E-state index contributed by atoms with van der Waals surface area (Å²) in [6.07, 6.45) is 10.8. The number of nitrogens with zero attached hydrogens (tertiary/aromatic N) is 1. The normalized spacial score (nSPS) is 32.9. The van der Waals surface area contributed by atoms with Crippen LogP contribution in [0.25, 0.3) is 0 Å². The number of carbonyl (C=O) groups is 2. The largest absolute Gasteiger partial charge is 0.726 e. The van der Waals surface area contributed by atoms with Crippen molar-refractivity contribution < 1.29 is 26.7 Å². The number of hydrogen-bond donors (Lipinski definition) is 0. The molecule has 1 aromatic heterocycles. The third-order valence-corrected chi connectivity index (χ3v) is 9.60. The van der Waals surface area contributed by atoms with Gasteiger partial charge in [0.2, 0.25) is 10.4 Å². The summed E-state index contributed by atoms with van der Waals surface area (Å²) >= 11 is 0. The van der Waals surface area contributed by atoms with Crippen LogP contribution in [0.2, 0.25) is 0 Å². The Morgan fingerprint density at radius 3 is 2.40 bits per heavy atom. The molecule has 5 rings (SSSR count). The molecule has 0 spiro atoms. The van der Waals surface area contributed by atoms with E-state index in [1.165, 1.54) is 23.6 Å². The van der Waals surface area contributed by atoms with E-state index in [-0.39, 0.29) is 17.0 Å². The summed E-state index contributed by atoms with van der Waals surface area (Å²) in [5, 5.41) is 0. The molecule has 0 N–H and O–H groups in total. The maximum Gasteiger partial charge on any atom is 0.218 e. The van der Waals surface area contributed by atoms with Crippen LogP contribution in [0, 0.1) is 22.7 Å². The van der Waals surface area contributed by atoms with Crippen LogP contribution >= 0.6 is 0 Å². The molecule has 190 valence electrons. The van der Waals surface area contributed by atoms with E-state index in [1.54, 1.807) is 12.4 Å². The molecule has 1 heterocycles. The van der Waals surface area contributed by atoms with Gasteiger partial charge in [0.25, 0.3) is 0 Å². The van der Waals surface area contributed by atoms with E-state index in [0.29, 0.717) is 24.7 Å². The zero-order chi connectivity index (χ0) is 25.4. The topological polar surface area (TPSA) is 113 Å². The van der Waals surface area contributed by atoms with E-state index in [9.17, 15) is 22.6 Å². The lowest BCUT2D eigenvalue weighted by Crippen LogP contribution is -2.50. The molecule has 8 heteroatoms. The minimum Gasteiger partial charge on any atom is -0.726 e. The summed E-state index contributed by atoms with van der Waals surface area (Å²) in [4.78, 5) is 28.8. The fourth-order valence-electron chi connectivity index (χ4n) is 7.19. The number of aromatic nitrogens is 1. The SMILES string of the molecule is C[C@H](OS(=O)(=O)[O-])C(=O)[C@@]1(C)CC[C@H]2[C@@H]3CCC4=CC(=O)CCC4=C3CC[C@@]21C.c1ccncc1. The van der Waals surface area contributed by atoms with Crippen LogP contribution < -0.4 is 0 Å². The second kappa shape index (κ2) is 9.71. The molecule has 0 radical (unpaired) electrons. The van der Waals surface area contributed by atoms with Crippen molar-refractivity contribution in [1.82, 2.24) is 4.98 Å². The van der Waals surface area contributed by atoms with Crippen LogP contribution in [-0.4, -0.2) is 35.6 Å². The highest BCUT2D eigenvalue weighted by atomic mass is 32.3. The lowest BCUT2D eigenvalue weighted by atomic mass is 9.51. The summed E-state index contributed by atoms with van der Waals surface area (Å²) in [6.45, 7) is 5.46. The van der Waals surface area contributed by atoms with Crippen LogP contribution in [0.5, 0.6) is 0 Å². The molecule has 5 atom stereocenters. The zero-order valence-corrected chi connectivity index (χ0v) is 21.5. The van der Waals surface area contributed by atoms with Gasteiger partial charge in [-0.25, -0.2) is 8.42 Å². The summed E-state index contributed by atoms with van der Waals surface area (Å²) in [5.41, 5.74) is 3.12. The van der Waals surface area contributed by atoms with Gasteiger partial charge in [-0.05, 0) is 98.5 Å². The highest BCUT2D eigenvalue weighted by molar-refractivity contribution is 7.80. The quantitative estimate of drug-likeness (QED) is 0.434. The molecule has 4 aliphatic carbocycles. The lowest BCUT2D eigenvalue weighted by Gasteiger charge is -2.52. The maximum absolute atomic E-state index is 13.2. The van der Waals surface area contributed by atoms with Crippen molar-refractivity contribution in [1.29, 1.82) is 0 Å². The predicted molar refractivity (Wildman–Crippen MR) is 130 cm³/mol. The van der Waals surface area contributed by atoms with Crippen molar-refractivity contribution in [3.63, 3.8) is 0 Å². The summed E-state index contributed by atoms with van der Waals surface area (Å²) in [7, 11) is -4.92. The molecule has 0 bridgehead atoms. The van der Waals surface area contributed by atoms with Crippen LogP contribution in [0.3, 0.4) is 0 Å².